The van der Waals surface area contributed by atoms with Crippen LogP contribution in [0.2, 0.25) is 0 Å². The Labute approximate surface area is 119 Å². The van der Waals surface area contributed by atoms with Gasteiger partial charge in [-0.15, -0.1) is 0 Å². The molecular formula is C15H21N3O2. The van der Waals surface area contributed by atoms with Crippen LogP contribution in [0, 0.1) is 5.92 Å². The number of carbonyl (C=O) groups is 2. The second-order valence-corrected chi connectivity index (χ2v) is 5.25. The molecule has 1 aromatic carbocycles. The van der Waals surface area contributed by atoms with Crippen molar-refractivity contribution in [1.82, 2.24) is 5.32 Å². The second kappa shape index (κ2) is 6.41. The quantitative estimate of drug-likeness (QED) is 0.773. The smallest absolute Gasteiger partial charge is 0.319 e. The maximum atomic E-state index is 11.7. The standard InChI is InChI=1S/C15H21N3O2/c1-3-10(2)16-15(20)18-13-8-6-12(7-9-13)17-14(19)11-4-5-11/h6-11H,3-5H2,1-2H3,(H,17,19)(H2,16,18,20)/t10-/m0/s1. The lowest BCUT2D eigenvalue weighted by Crippen LogP contribution is -2.35. The molecule has 0 radical (unpaired) electrons. The van der Waals surface area contributed by atoms with Gasteiger partial charge in [-0.2, -0.15) is 0 Å². The average Bonchev–Trinajstić information content (AvgIpc) is 3.25. The first-order valence-corrected chi connectivity index (χ1v) is 7.07. The zero-order chi connectivity index (χ0) is 14.5. The van der Waals surface area contributed by atoms with Crippen LogP contribution in [0.1, 0.15) is 33.1 Å². The minimum atomic E-state index is -0.214. The van der Waals surface area contributed by atoms with E-state index in [0.717, 1.165) is 24.9 Å². The van der Waals surface area contributed by atoms with Crippen LogP contribution in [0.25, 0.3) is 0 Å². The third-order valence-corrected chi connectivity index (χ3v) is 3.35. The average molecular weight is 275 g/mol. The number of rotatable bonds is 5. The highest BCUT2D eigenvalue weighted by atomic mass is 16.2. The highest BCUT2D eigenvalue weighted by Gasteiger charge is 2.29. The maximum absolute atomic E-state index is 11.7. The van der Waals surface area contributed by atoms with E-state index in [1.807, 2.05) is 13.8 Å². The van der Waals surface area contributed by atoms with Crippen molar-refractivity contribution in [3.8, 4) is 0 Å². The van der Waals surface area contributed by atoms with Gasteiger partial charge in [-0.25, -0.2) is 4.79 Å². The van der Waals surface area contributed by atoms with E-state index in [-0.39, 0.29) is 23.9 Å². The molecule has 0 bridgehead atoms. The molecule has 0 aliphatic heterocycles. The first kappa shape index (κ1) is 14.4. The summed E-state index contributed by atoms with van der Waals surface area (Å²) in [5.41, 5.74) is 1.46. The summed E-state index contributed by atoms with van der Waals surface area (Å²) < 4.78 is 0. The van der Waals surface area contributed by atoms with Crippen LogP contribution in [0.15, 0.2) is 24.3 Å². The van der Waals surface area contributed by atoms with Crippen LogP contribution < -0.4 is 16.0 Å². The molecule has 0 spiro atoms. The summed E-state index contributed by atoms with van der Waals surface area (Å²) >= 11 is 0. The topological polar surface area (TPSA) is 70.2 Å². The van der Waals surface area contributed by atoms with Gasteiger partial charge in [-0.05, 0) is 50.5 Å². The lowest BCUT2D eigenvalue weighted by atomic mass is 10.2. The Hall–Kier alpha value is -2.04. The van der Waals surface area contributed by atoms with Crippen LogP contribution in [0.5, 0.6) is 0 Å². The van der Waals surface area contributed by atoms with Gasteiger partial charge in [0.2, 0.25) is 5.91 Å². The van der Waals surface area contributed by atoms with E-state index in [2.05, 4.69) is 16.0 Å². The number of hydrogen-bond donors (Lipinski definition) is 3. The molecule has 1 atom stereocenters. The lowest BCUT2D eigenvalue weighted by molar-refractivity contribution is -0.117. The summed E-state index contributed by atoms with van der Waals surface area (Å²) in [6, 6.07) is 7.07. The Morgan fingerprint density at radius 1 is 1.15 bits per heavy atom. The van der Waals surface area contributed by atoms with E-state index >= 15 is 0 Å². The Kier molecular flexibility index (Phi) is 4.61. The summed E-state index contributed by atoms with van der Waals surface area (Å²) in [7, 11) is 0. The fourth-order valence-corrected chi connectivity index (χ4v) is 1.72. The van der Waals surface area contributed by atoms with Crippen molar-refractivity contribution in [3.05, 3.63) is 24.3 Å². The van der Waals surface area contributed by atoms with Crippen LogP contribution in [-0.2, 0) is 4.79 Å². The molecular weight excluding hydrogens is 254 g/mol. The number of amides is 3. The van der Waals surface area contributed by atoms with Crippen LogP contribution >= 0.6 is 0 Å². The number of urea groups is 1. The molecule has 1 aliphatic carbocycles. The number of hydrogen-bond acceptors (Lipinski definition) is 2. The van der Waals surface area contributed by atoms with Crippen molar-refractivity contribution in [2.75, 3.05) is 10.6 Å². The monoisotopic (exact) mass is 275 g/mol. The van der Waals surface area contributed by atoms with Crippen LogP contribution in [0.4, 0.5) is 16.2 Å². The summed E-state index contributed by atoms with van der Waals surface area (Å²) in [5, 5.41) is 8.45. The number of benzene rings is 1. The van der Waals surface area contributed by atoms with Crippen LogP contribution in [0.3, 0.4) is 0 Å². The molecule has 1 aromatic rings. The molecule has 5 nitrogen and oxygen atoms in total. The molecule has 0 saturated heterocycles. The van der Waals surface area contributed by atoms with E-state index in [1.165, 1.54) is 0 Å². The summed E-state index contributed by atoms with van der Waals surface area (Å²) in [6.45, 7) is 3.97. The van der Waals surface area contributed by atoms with Gasteiger partial charge in [-0.1, -0.05) is 6.92 Å². The van der Waals surface area contributed by atoms with E-state index in [1.54, 1.807) is 24.3 Å². The van der Waals surface area contributed by atoms with Gasteiger partial charge in [0.05, 0.1) is 0 Å². The third-order valence-electron chi connectivity index (χ3n) is 3.35. The molecule has 0 heterocycles. The summed E-state index contributed by atoms with van der Waals surface area (Å²) in [5.74, 6) is 0.273. The first-order valence-electron chi connectivity index (χ1n) is 7.07. The molecule has 0 aromatic heterocycles. The SMILES string of the molecule is CC[C@H](C)NC(=O)Nc1ccc(NC(=O)C2CC2)cc1. The number of nitrogens with one attached hydrogen (secondary N) is 3. The Morgan fingerprint density at radius 3 is 2.20 bits per heavy atom. The molecule has 5 heteroatoms. The predicted molar refractivity (Wildman–Crippen MR) is 79.7 cm³/mol. The van der Waals surface area contributed by atoms with Crippen molar-refractivity contribution in [3.63, 3.8) is 0 Å². The van der Waals surface area contributed by atoms with Gasteiger partial charge >= 0.3 is 6.03 Å². The van der Waals surface area contributed by atoms with Crippen molar-refractivity contribution in [1.29, 1.82) is 0 Å². The van der Waals surface area contributed by atoms with Crippen molar-refractivity contribution < 1.29 is 9.59 Å². The molecule has 0 unspecified atom stereocenters. The first-order chi connectivity index (χ1) is 9.58. The zero-order valence-corrected chi connectivity index (χ0v) is 11.9. The highest BCUT2D eigenvalue weighted by molar-refractivity contribution is 5.94. The maximum Gasteiger partial charge on any atom is 0.319 e. The van der Waals surface area contributed by atoms with Gasteiger partial charge in [0.15, 0.2) is 0 Å². The predicted octanol–water partition coefficient (Wildman–Crippen LogP) is 2.96. The van der Waals surface area contributed by atoms with E-state index in [4.69, 9.17) is 0 Å². The number of anilines is 2. The summed E-state index contributed by atoms with van der Waals surface area (Å²) in [4.78, 5) is 23.3. The molecule has 2 rings (SSSR count). The normalized spacial score (nSPS) is 15.3. The third kappa shape index (κ3) is 4.26. The van der Waals surface area contributed by atoms with Crippen molar-refractivity contribution >= 4 is 23.3 Å². The zero-order valence-electron chi connectivity index (χ0n) is 11.9. The summed E-state index contributed by atoms with van der Waals surface area (Å²) in [6.07, 6.45) is 2.86. The van der Waals surface area contributed by atoms with Gasteiger partial charge in [-0.3, -0.25) is 4.79 Å². The Morgan fingerprint density at radius 2 is 1.70 bits per heavy atom. The molecule has 1 fully saturated rings. The molecule has 108 valence electrons. The minimum Gasteiger partial charge on any atom is -0.335 e. The minimum absolute atomic E-state index is 0.0835. The van der Waals surface area contributed by atoms with Crippen molar-refractivity contribution in [2.24, 2.45) is 5.92 Å². The fourth-order valence-electron chi connectivity index (χ4n) is 1.72. The van der Waals surface area contributed by atoms with E-state index < -0.39 is 0 Å². The largest absolute Gasteiger partial charge is 0.335 e. The van der Waals surface area contributed by atoms with Gasteiger partial charge in [0, 0.05) is 23.3 Å². The molecule has 1 aliphatic rings. The molecule has 3 N–H and O–H groups in total. The van der Waals surface area contributed by atoms with E-state index in [9.17, 15) is 9.59 Å². The van der Waals surface area contributed by atoms with Crippen LogP contribution in [-0.4, -0.2) is 18.0 Å². The molecule has 3 amide bonds. The van der Waals surface area contributed by atoms with E-state index in [0.29, 0.717) is 5.69 Å². The van der Waals surface area contributed by atoms with Gasteiger partial charge < -0.3 is 16.0 Å². The van der Waals surface area contributed by atoms with Crippen molar-refractivity contribution in [2.45, 2.75) is 39.2 Å². The molecule has 20 heavy (non-hydrogen) atoms. The Balaban J connectivity index is 1.84. The van der Waals surface area contributed by atoms with Gasteiger partial charge in [0.1, 0.15) is 0 Å². The lowest BCUT2D eigenvalue weighted by Gasteiger charge is -2.12. The second-order valence-electron chi connectivity index (χ2n) is 5.25. The Bertz CT molecular complexity index is 480. The van der Waals surface area contributed by atoms with Gasteiger partial charge in [0.25, 0.3) is 0 Å². The fraction of sp³-hybridized carbons (Fsp3) is 0.467. The number of carbonyl (C=O) groups excluding carboxylic acids is 2. The molecule has 1 saturated carbocycles. The highest BCUT2D eigenvalue weighted by Crippen LogP contribution is 2.30.